The predicted molar refractivity (Wildman–Crippen MR) is 63.6 cm³/mol. The van der Waals surface area contributed by atoms with Crippen molar-refractivity contribution in [2.24, 2.45) is 0 Å². The van der Waals surface area contributed by atoms with Crippen LogP contribution in [-0.4, -0.2) is 12.6 Å². The fraction of sp³-hybridized carbons (Fsp3) is 0.462. The lowest BCUT2D eigenvalue weighted by Gasteiger charge is -2.02. The van der Waals surface area contributed by atoms with Crippen LogP contribution in [0, 0.1) is 0 Å². The second-order valence-corrected chi connectivity index (χ2v) is 3.62. The Morgan fingerprint density at radius 3 is 2.47 bits per heavy atom. The maximum atomic E-state index is 10.5. The Morgan fingerprint density at radius 2 is 1.93 bits per heavy atom. The third-order valence-electron chi connectivity index (χ3n) is 1.94. The Hall–Kier alpha value is -1.31. The molecule has 0 aliphatic heterocycles. The first-order chi connectivity index (χ1) is 7.06. The molecule has 0 unspecified atom stereocenters. The van der Waals surface area contributed by atoms with E-state index in [1.54, 1.807) is 6.08 Å². The largest absolute Gasteiger partial charge is 0.461 e. The van der Waals surface area contributed by atoms with Gasteiger partial charge < -0.3 is 4.74 Å². The molecular formula is C13H20O2. The van der Waals surface area contributed by atoms with Gasteiger partial charge in [0.15, 0.2) is 0 Å². The van der Waals surface area contributed by atoms with Crippen LogP contribution in [0.3, 0.4) is 0 Å². The van der Waals surface area contributed by atoms with E-state index in [1.165, 1.54) is 12.5 Å². The zero-order valence-electron chi connectivity index (χ0n) is 9.88. The number of hydrogen-bond donors (Lipinski definition) is 0. The first-order valence-electron chi connectivity index (χ1n) is 5.13. The first-order valence-corrected chi connectivity index (χ1v) is 5.13. The van der Waals surface area contributed by atoms with Gasteiger partial charge in [-0.1, -0.05) is 30.4 Å². The monoisotopic (exact) mass is 208 g/mol. The van der Waals surface area contributed by atoms with Crippen molar-refractivity contribution in [1.82, 2.24) is 0 Å². The molecule has 2 nitrogen and oxygen atoms in total. The van der Waals surface area contributed by atoms with Crippen LogP contribution in [0.2, 0.25) is 0 Å². The van der Waals surface area contributed by atoms with Crippen molar-refractivity contribution < 1.29 is 9.53 Å². The molecule has 0 heterocycles. The minimum atomic E-state index is -0.231. The first kappa shape index (κ1) is 13.7. The summed E-state index contributed by atoms with van der Waals surface area (Å²) in [7, 11) is 0. The standard InChI is InChI=1S/C13H20O2/c1-5-7-11(2)8-6-9-12(3)10-15-13(4)14/h5,7,9H,1,6,8,10H2,2-4H3/b11-7+,12-9+. The quantitative estimate of drug-likeness (QED) is 0.380. The third-order valence-corrected chi connectivity index (χ3v) is 1.94. The summed E-state index contributed by atoms with van der Waals surface area (Å²) in [6, 6.07) is 0. The van der Waals surface area contributed by atoms with E-state index in [0.717, 1.165) is 18.4 Å². The second-order valence-electron chi connectivity index (χ2n) is 3.62. The molecule has 0 bridgehead atoms. The van der Waals surface area contributed by atoms with Gasteiger partial charge in [-0.3, -0.25) is 4.79 Å². The van der Waals surface area contributed by atoms with E-state index in [0.29, 0.717) is 6.61 Å². The Morgan fingerprint density at radius 1 is 1.27 bits per heavy atom. The molecule has 0 aliphatic carbocycles. The third kappa shape index (κ3) is 9.01. The summed E-state index contributed by atoms with van der Waals surface area (Å²) in [4.78, 5) is 10.5. The minimum absolute atomic E-state index is 0.231. The van der Waals surface area contributed by atoms with Gasteiger partial charge in [0, 0.05) is 6.92 Å². The van der Waals surface area contributed by atoms with Crippen molar-refractivity contribution >= 4 is 5.97 Å². The Kier molecular flexibility index (Phi) is 7.33. The van der Waals surface area contributed by atoms with Crippen molar-refractivity contribution in [3.63, 3.8) is 0 Å². The number of allylic oxidation sites excluding steroid dienone is 4. The molecule has 0 saturated heterocycles. The fourth-order valence-electron chi connectivity index (χ4n) is 1.11. The molecule has 0 aromatic rings. The molecule has 0 fully saturated rings. The average molecular weight is 208 g/mol. The number of carbonyl (C=O) groups is 1. The van der Waals surface area contributed by atoms with Crippen molar-refractivity contribution in [2.75, 3.05) is 6.61 Å². The van der Waals surface area contributed by atoms with Crippen LogP contribution in [0.1, 0.15) is 33.6 Å². The zero-order chi connectivity index (χ0) is 11.7. The molecule has 0 atom stereocenters. The molecule has 0 amide bonds. The van der Waals surface area contributed by atoms with Gasteiger partial charge in [0.25, 0.3) is 0 Å². The molecule has 0 spiro atoms. The van der Waals surface area contributed by atoms with E-state index in [9.17, 15) is 4.79 Å². The predicted octanol–water partition coefficient (Wildman–Crippen LogP) is 3.41. The fourth-order valence-corrected chi connectivity index (χ4v) is 1.11. The summed E-state index contributed by atoms with van der Waals surface area (Å²) in [5.74, 6) is -0.231. The van der Waals surface area contributed by atoms with E-state index in [4.69, 9.17) is 4.74 Å². The molecule has 0 N–H and O–H groups in total. The van der Waals surface area contributed by atoms with Gasteiger partial charge in [0.2, 0.25) is 0 Å². The van der Waals surface area contributed by atoms with Gasteiger partial charge >= 0.3 is 5.97 Å². The van der Waals surface area contributed by atoms with Crippen LogP contribution in [0.5, 0.6) is 0 Å². The molecule has 15 heavy (non-hydrogen) atoms. The minimum Gasteiger partial charge on any atom is -0.461 e. The van der Waals surface area contributed by atoms with E-state index in [-0.39, 0.29) is 5.97 Å². The van der Waals surface area contributed by atoms with Crippen molar-refractivity contribution in [1.29, 1.82) is 0 Å². The maximum absolute atomic E-state index is 10.5. The molecule has 84 valence electrons. The Bertz CT molecular complexity index is 272. The van der Waals surface area contributed by atoms with Crippen LogP contribution in [0.4, 0.5) is 0 Å². The van der Waals surface area contributed by atoms with Crippen LogP contribution in [0.25, 0.3) is 0 Å². The van der Waals surface area contributed by atoms with E-state index in [1.807, 2.05) is 13.0 Å². The normalized spacial score (nSPS) is 12.5. The van der Waals surface area contributed by atoms with Crippen molar-refractivity contribution in [2.45, 2.75) is 33.6 Å². The summed E-state index contributed by atoms with van der Waals surface area (Å²) in [5.41, 5.74) is 2.40. The number of esters is 1. The molecule has 0 saturated carbocycles. The Balaban J connectivity index is 3.80. The van der Waals surface area contributed by atoms with Gasteiger partial charge in [-0.2, -0.15) is 0 Å². The Labute approximate surface area is 92.3 Å². The van der Waals surface area contributed by atoms with Crippen LogP contribution in [-0.2, 0) is 9.53 Å². The highest BCUT2D eigenvalue weighted by molar-refractivity contribution is 5.66. The molecule has 0 aromatic carbocycles. The molecular weight excluding hydrogens is 188 g/mol. The van der Waals surface area contributed by atoms with Crippen molar-refractivity contribution in [3.8, 4) is 0 Å². The summed E-state index contributed by atoms with van der Waals surface area (Å²) < 4.78 is 4.87. The highest BCUT2D eigenvalue weighted by atomic mass is 16.5. The van der Waals surface area contributed by atoms with Gasteiger partial charge in [0.05, 0.1) is 0 Å². The number of hydrogen-bond acceptors (Lipinski definition) is 2. The van der Waals surface area contributed by atoms with Gasteiger partial charge in [-0.15, -0.1) is 0 Å². The number of carbonyl (C=O) groups excluding carboxylic acids is 1. The van der Waals surface area contributed by atoms with E-state index in [2.05, 4.69) is 19.6 Å². The molecule has 0 radical (unpaired) electrons. The lowest BCUT2D eigenvalue weighted by Crippen LogP contribution is -2.01. The van der Waals surface area contributed by atoms with Gasteiger partial charge in [0.1, 0.15) is 6.61 Å². The maximum Gasteiger partial charge on any atom is 0.302 e. The average Bonchev–Trinajstić information content (AvgIpc) is 2.15. The lowest BCUT2D eigenvalue weighted by atomic mass is 10.1. The zero-order valence-corrected chi connectivity index (χ0v) is 9.88. The summed E-state index contributed by atoms with van der Waals surface area (Å²) in [5, 5.41) is 0. The van der Waals surface area contributed by atoms with Gasteiger partial charge in [-0.25, -0.2) is 0 Å². The number of rotatable bonds is 6. The van der Waals surface area contributed by atoms with Crippen LogP contribution in [0.15, 0.2) is 36.0 Å². The summed E-state index contributed by atoms with van der Waals surface area (Å²) in [6.45, 7) is 9.51. The SMILES string of the molecule is C=C/C=C(\C)CC/C=C(\C)COC(C)=O. The summed E-state index contributed by atoms with van der Waals surface area (Å²) >= 11 is 0. The second kappa shape index (κ2) is 8.04. The van der Waals surface area contributed by atoms with Gasteiger partial charge in [-0.05, 0) is 32.3 Å². The molecule has 2 heteroatoms. The highest BCUT2D eigenvalue weighted by Gasteiger charge is 1.94. The van der Waals surface area contributed by atoms with Crippen LogP contribution >= 0.6 is 0 Å². The summed E-state index contributed by atoms with van der Waals surface area (Å²) in [6.07, 6.45) is 7.90. The van der Waals surface area contributed by atoms with E-state index >= 15 is 0 Å². The topological polar surface area (TPSA) is 26.3 Å². The lowest BCUT2D eigenvalue weighted by molar-refractivity contribution is -0.139. The molecule has 0 aromatic heterocycles. The van der Waals surface area contributed by atoms with E-state index < -0.39 is 0 Å². The molecule has 0 rings (SSSR count). The number of ether oxygens (including phenoxy) is 1. The van der Waals surface area contributed by atoms with Crippen LogP contribution < -0.4 is 0 Å². The molecule has 0 aliphatic rings. The van der Waals surface area contributed by atoms with Crippen molar-refractivity contribution in [3.05, 3.63) is 36.0 Å². The highest BCUT2D eigenvalue weighted by Crippen LogP contribution is 2.06. The smallest absolute Gasteiger partial charge is 0.302 e.